The van der Waals surface area contributed by atoms with Crippen LogP contribution in [0.1, 0.15) is 29.6 Å². The lowest BCUT2D eigenvalue weighted by Gasteiger charge is -2.14. The SMILES string of the molecule is CNC(=O)c1cc(OC)ccc1NC(=O)CC1CCCN1.Cl. The molecule has 1 unspecified atom stereocenters. The third-order valence-corrected chi connectivity index (χ3v) is 3.57. The van der Waals surface area contributed by atoms with Gasteiger partial charge in [-0.3, -0.25) is 9.59 Å². The van der Waals surface area contributed by atoms with Crippen LogP contribution in [0, 0.1) is 0 Å². The van der Waals surface area contributed by atoms with E-state index in [0.717, 1.165) is 19.4 Å². The third kappa shape index (κ3) is 4.61. The van der Waals surface area contributed by atoms with E-state index in [9.17, 15) is 9.59 Å². The number of hydrogen-bond donors (Lipinski definition) is 3. The number of anilines is 1. The molecular formula is C15H22ClN3O3. The number of amides is 2. The Bertz CT molecular complexity index is 531. The molecule has 0 aromatic heterocycles. The number of benzene rings is 1. The predicted octanol–water partition coefficient (Wildman–Crippen LogP) is 1.56. The summed E-state index contributed by atoms with van der Waals surface area (Å²) >= 11 is 0. The zero-order valence-electron chi connectivity index (χ0n) is 12.8. The minimum atomic E-state index is -0.261. The molecule has 0 saturated carbocycles. The van der Waals surface area contributed by atoms with Gasteiger partial charge in [-0.15, -0.1) is 12.4 Å². The van der Waals surface area contributed by atoms with Crippen LogP contribution in [0.4, 0.5) is 5.69 Å². The fourth-order valence-corrected chi connectivity index (χ4v) is 2.44. The molecule has 0 bridgehead atoms. The maximum absolute atomic E-state index is 12.1. The van der Waals surface area contributed by atoms with Crippen molar-refractivity contribution in [3.63, 3.8) is 0 Å². The summed E-state index contributed by atoms with van der Waals surface area (Å²) in [6, 6.07) is 5.24. The Morgan fingerprint density at radius 3 is 2.77 bits per heavy atom. The van der Waals surface area contributed by atoms with Crippen LogP contribution < -0.4 is 20.7 Å². The molecule has 1 aromatic carbocycles. The number of carbonyl (C=O) groups excluding carboxylic acids is 2. The van der Waals surface area contributed by atoms with Crippen molar-refractivity contribution < 1.29 is 14.3 Å². The first kappa shape index (κ1) is 18.3. The lowest BCUT2D eigenvalue weighted by Crippen LogP contribution is -2.28. The second-order valence-electron chi connectivity index (χ2n) is 5.04. The maximum atomic E-state index is 12.1. The second-order valence-corrected chi connectivity index (χ2v) is 5.04. The molecule has 6 nitrogen and oxygen atoms in total. The zero-order valence-corrected chi connectivity index (χ0v) is 13.6. The number of nitrogens with one attached hydrogen (secondary N) is 3. The van der Waals surface area contributed by atoms with Gasteiger partial charge in [-0.05, 0) is 37.6 Å². The van der Waals surface area contributed by atoms with Crippen molar-refractivity contribution in [3.05, 3.63) is 23.8 Å². The molecule has 1 heterocycles. The Morgan fingerprint density at radius 1 is 1.41 bits per heavy atom. The minimum absolute atomic E-state index is 0. The summed E-state index contributed by atoms with van der Waals surface area (Å²) < 4.78 is 5.11. The molecule has 1 aliphatic heterocycles. The van der Waals surface area contributed by atoms with Crippen molar-refractivity contribution in [2.75, 3.05) is 26.0 Å². The fourth-order valence-electron chi connectivity index (χ4n) is 2.44. The Hall–Kier alpha value is -1.79. The molecule has 22 heavy (non-hydrogen) atoms. The summed E-state index contributed by atoms with van der Waals surface area (Å²) in [5, 5.41) is 8.65. The number of methoxy groups -OCH3 is 1. The van der Waals surface area contributed by atoms with E-state index in [1.165, 1.54) is 7.11 Å². The van der Waals surface area contributed by atoms with Crippen molar-refractivity contribution in [1.82, 2.24) is 10.6 Å². The standard InChI is InChI=1S/C15H21N3O3.ClH/c1-16-15(20)12-9-11(21-2)5-6-13(12)18-14(19)8-10-4-3-7-17-10;/h5-6,9-10,17H,3-4,7-8H2,1-2H3,(H,16,20)(H,18,19);1H. The van der Waals surface area contributed by atoms with Gasteiger partial charge >= 0.3 is 0 Å². The Kier molecular flexibility index (Phi) is 7.14. The summed E-state index contributed by atoms with van der Waals surface area (Å²) in [7, 11) is 3.09. The first-order valence-electron chi connectivity index (χ1n) is 7.07. The summed E-state index contributed by atoms with van der Waals surface area (Å²) in [5.41, 5.74) is 0.891. The van der Waals surface area contributed by atoms with E-state index in [2.05, 4.69) is 16.0 Å². The van der Waals surface area contributed by atoms with Crippen molar-refractivity contribution in [1.29, 1.82) is 0 Å². The Morgan fingerprint density at radius 2 is 2.18 bits per heavy atom. The van der Waals surface area contributed by atoms with Crippen LogP contribution in [-0.4, -0.2) is 38.6 Å². The van der Waals surface area contributed by atoms with E-state index in [4.69, 9.17) is 4.74 Å². The highest BCUT2D eigenvalue weighted by atomic mass is 35.5. The minimum Gasteiger partial charge on any atom is -0.497 e. The van der Waals surface area contributed by atoms with Crippen LogP contribution >= 0.6 is 12.4 Å². The molecule has 1 saturated heterocycles. The normalized spacial score (nSPS) is 16.5. The van der Waals surface area contributed by atoms with Crippen molar-refractivity contribution in [2.24, 2.45) is 0 Å². The van der Waals surface area contributed by atoms with Crippen LogP contribution in [0.5, 0.6) is 5.75 Å². The molecule has 0 spiro atoms. The maximum Gasteiger partial charge on any atom is 0.253 e. The first-order valence-corrected chi connectivity index (χ1v) is 7.07. The number of hydrogen-bond acceptors (Lipinski definition) is 4. The van der Waals surface area contributed by atoms with E-state index in [-0.39, 0.29) is 30.3 Å². The number of ether oxygens (including phenoxy) is 1. The molecule has 3 N–H and O–H groups in total. The highest BCUT2D eigenvalue weighted by molar-refractivity contribution is 6.04. The van der Waals surface area contributed by atoms with Gasteiger partial charge in [-0.1, -0.05) is 0 Å². The molecule has 1 atom stereocenters. The van der Waals surface area contributed by atoms with Gasteiger partial charge in [0.15, 0.2) is 0 Å². The average molecular weight is 328 g/mol. The monoisotopic (exact) mass is 327 g/mol. The molecule has 0 radical (unpaired) electrons. The Balaban J connectivity index is 0.00000242. The molecule has 122 valence electrons. The van der Waals surface area contributed by atoms with Crippen LogP contribution in [0.25, 0.3) is 0 Å². The molecule has 1 aliphatic rings. The van der Waals surface area contributed by atoms with Crippen LogP contribution in [0.15, 0.2) is 18.2 Å². The molecular weight excluding hydrogens is 306 g/mol. The number of carbonyl (C=O) groups is 2. The van der Waals surface area contributed by atoms with E-state index in [1.807, 2.05) is 0 Å². The lowest BCUT2D eigenvalue weighted by molar-refractivity contribution is -0.116. The quantitative estimate of drug-likeness (QED) is 0.766. The summed E-state index contributed by atoms with van der Waals surface area (Å²) in [5.74, 6) is 0.219. The van der Waals surface area contributed by atoms with E-state index >= 15 is 0 Å². The van der Waals surface area contributed by atoms with Gasteiger partial charge in [0, 0.05) is 19.5 Å². The van der Waals surface area contributed by atoms with Gasteiger partial charge in [0.25, 0.3) is 5.91 Å². The van der Waals surface area contributed by atoms with E-state index in [0.29, 0.717) is 23.4 Å². The average Bonchev–Trinajstić information content (AvgIpc) is 2.99. The largest absolute Gasteiger partial charge is 0.497 e. The van der Waals surface area contributed by atoms with Crippen LogP contribution in [0.3, 0.4) is 0 Å². The van der Waals surface area contributed by atoms with Crippen molar-refractivity contribution in [2.45, 2.75) is 25.3 Å². The topological polar surface area (TPSA) is 79.5 Å². The molecule has 0 aliphatic carbocycles. The summed E-state index contributed by atoms with van der Waals surface area (Å²) in [6.45, 7) is 0.962. The smallest absolute Gasteiger partial charge is 0.253 e. The summed E-state index contributed by atoms with van der Waals surface area (Å²) in [4.78, 5) is 24.0. The van der Waals surface area contributed by atoms with E-state index < -0.39 is 0 Å². The van der Waals surface area contributed by atoms with Gasteiger partial charge in [0.2, 0.25) is 5.91 Å². The zero-order chi connectivity index (χ0) is 15.2. The molecule has 1 aromatic rings. The second kappa shape index (κ2) is 8.60. The van der Waals surface area contributed by atoms with Crippen LogP contribution in [0.2, 0.25) is 0 Å². The van der Waals surface area contributed by atoms with Gasteiger partial charge in [-0.25, -0.2) is 0 Å². The van der Waals surface area contributed by atoms with Gasteiger partial charge in [-0.2, -0.15) is 0 Å². The van der Waals surface area contributed by atoms with Crippen molar-refractivity contribution >= 4 is 29.9 Å². The highest BCUT2D eigenvalue weighted by Gasteiger charge is 2.19. The molecule has 1 fully saturated rings. The van der Waals surface area contributed by atoms with Gasteiger partial charge in [0.05, 0.1) is 18.4 Å². The van der Waals surface area contributed by atoms with Crippen molar-refractivity contribution in [3.8, 4) is 5.75 Å². The predicted molar refractivity (Wildman–Crippen MR) is 87.9 cm³/mol. The van der Waals surface area contributed by atoms with Gasteiger partial charge in [0.1, 0.15) is 5.75 Å². The number of rotatable bonds is 5. The van der Waals surface area contributed by atoms with E-state index in [1.54, 1.807) is 25.2 Å². The first-order chi connectivity index (χ1) is 10.1. The highest BCUT2D eigenvalue weighted by Crippen LogP contribution is 2.22. The van der Waals surface area contributed by atoms with Gasteiger partial charge < -0.3 is 20.7 Å². The number of halogens is 1. The third-order valence-electron chi connectivity index (χ3n) is 3.57. The fraction of sp³-hybridized carbons (Fsp3) is 0.467. The molecule has 2 amide bonds. The lowest BCUT2D eigenvalue weighted by atomic mass is 10.1. The van der Waals surface area contributed by atoms with Crippen LogP contribution in [-0.2, 0) is 4.79 Å². The molecule has 2 rings (SSSR count). The Labute approximate surface area is 136 Å². The summed E-state index contributed by atoms with van der Waals surface area (Å²) in [6.07, 6.45) is 2.53. The molecule has 7 heteroatoms.